The van der Waals surface area contributed by atoms with Crippen LogP contribution in [-0.4, -0.2) is 15.8 Å². The summed E-state index contributed by atoms with van der Waals surface area (Å²) >= 11 is 0. The van der Waals surface area contributed by atoms with Gasteiger partial charge in [0.1, 0.15) is 0 Å². The summed E-state index contributed by atoms with van der Waals surface area (Å²) in [6, 6.07) is 0.721. The maximum absolute atomic E-state index is 4.19. The minimum atomic E-state index is 0.721. The van der Waals surface area contributed by atoms with Gasteiger partial charge in [-0.15, -0.1) is 0 Å². The molecule has 1 aliphatic rings. The Morgan fingerprint density at radius 2 is 2.38 bits per heavy atom. The highest BCUT2D eigenvalue weighted by Gasteiger charge is 2.19. The maximum atomic E-state index is 4.19. The molecule has 1 fully saturated rings. The molecule has 0 spiro atoms. The summed E-state index contributed by atoms with van der Waals surface area (Å²) in [5.74, 6) is 0.945. The molecule has 0 aliphatic heterocycles. The van der Waals surface area contributed by atoms with E-state index in [-0.39, 0.29) is 0 Å². The molecule has 3 nitrogen and oxygen atoms in total. The second-order valence-corrected chi connectivity index (χ2v) is 5.04. The first-order valence-electron chi connectivity index (χ1n) is 6.49. The molecule has 0 saturated heterocycles. The Balaban J connectivity index is 1.77. The molecule has 1 N–H and O–H groups in total. The van der Waals surface area contributed by atoms with E-state index < -0.39 is 0 Å². The Kier molecular flexibility index (Phi) is 3.99. The number of nitrogens with zero attached hydrogens (tertiary/aromatic N) is 2. The molecule has 1 heterocycles. The normalized spacial score (nSPS) is 25.9. The van der Waals surface area contributed by atoms with E-state index >= 15 is 0 Å². The molecule has 0 amide bonds. The number of nitrogens with one attached hydrogen (secondary N) is 1. The lowest BCUT2D eigenvalue weighted by Crippen LogP contribution is -2.33. The minimum Gasteiger partial charge on any atom is -0.310 e. The van der Waals surface area contributed by atoms with Crippen molar-refractivity contribution in [2.24, 2.45) is 13.0 Å². The predicted molar refractivity (Wildman–Crippen MR) is 66.1 cm³/mol. The largest absolute Gasteiger partial charge is 0.310 e. The van der Waals surface area contributed by atoms with Gasteiger partial charge in [0.2, 0.25) is 0 Å². The highest BCUT2D eigenvalue weighted by molar-refractivity contribution is 5.03. The van der Waals surface area contributed by atoms with Crippen LogP contribution in [-0.2, 0) is 13.6 Å². The van der Waals surface area contributed by atoms with Crippen LogP contribution in [0.4, 0.5) is 0 Å². The predicted octanol–water partition coefficient (Wildman–Crippen LogP) is 2.48. The number of hydrogen-bond donors (Lipinski definition) is 1. The minimum absolute atomic E-state index is 0.721. The first kappa shape index (κ1) is 11.6. The number of aromatic nitrogens is 2. The van der Waals surface area contributed by atoms with Crippen LogP contribution in [0.3, 0.4) is 0 Å². The first-order chi connectivity index (χ1) is 7.78. The third-order valence-electron chi connectivity index (χ3n) is 3.71. The third-order valence-corrected chi connectivity index (χ3v) is 3.71. The number of rotatable bonds is 4. The van der Waals surface area contributed by atoms with Crippen LogP contribution < -0.4 is 5.32 Å². The maximum Gasteiger partial charge on any atom is 0.0534 e. The van der Waals surface area contributed by atoms with Crippen molar-refractivity contribution in [2.75, 3.05) is 0 Å². The Morgan fingerprint density at radius 1 is 1.50 bits per heavy atom. The molecule has 0 bridgehead atoms. The van der Waals surface area contributed by atoms with Crippen LogP contribution in [0.15, 0.2) is 12.4 Å². The van der Waals surface area contributed by atoms with E-state index in [2.05, 4.69) is 23.5 Å². The van der Waals surface area contributed by atoms with Crippen molar-refractivity contribution < 1.29 is 0 Å². The fraction of sp³-hybridized carbons (Fsp3) is 0.769. The summed E-state index contributed by atoms with van der Waals surface area (Å²) in [5, 5.41) is 7.85. The summed E-state index contributed by atoms with van der Waals surface area (Å²) in [5.41, 5.74) is 1.29. The Hall–Kier alpha value is -0.830. The summed E-state index contributed by atoms with van der Waals surface area (Å²) in [4.78, 5) is 0. The van der Waals surface area contributed by atoms with Gasteiger partial charge in [-0.25, -0.2) is 0 Å². The fourth-order valence-electron chi connectivity index (χ4n) is 2.67. The van der Waals surface area contributed by atoms with Crippen molar-refractivity contribution in [3.05, 3.63) is 18.0 Å². The lowest BCUT2D eigenvalue weighted by atomic mass is 9.84. The zero-order valence-electron chi connectivity index (χ0n) is 10.4. The van der Waals surface area contributed by atoms with Crippen LogP contribution in [0, 0.1) is 5.92 Å². The molecule has 0 aromatic carbocycles. The molecule has 2 atom stereocenters. The molecule has 16 heavy (non-hydrogen) atoms. The van der Waals surface area contributed by atoms with E-state index in [4.69, 9.17) is 0 Å². The van der Waals surface area contributed by atoms with Gasteiger partial charge >= 0.3 is 0 Å². The molecule has 1 aromatic rings. The van der Waals surface area contributed by atoms with E-state index in [0.29, 0.717) is 0 Å². The van der Waals surface area contributed by atoms with Gasteiger partial charge < -0.3 is 5.32 Å². The molecular formula is C13H23N3. The SMILES string of the molecule is CCC1CCCC(NCc2cnn(C)c2)C1. The zero-order valence-corrected chi connectivity index (χ0v) is 10.4. The molecule has 1 saturated carbocycles. The van der Waals surface area contributed by atoms with E-state index in [1.807, 2.05) is 17.9 Å². The highest BCUT2D eigenvalue weighted by atomic mass is 15.2. The second kappa shape index (κ2) is 5.48. The van der Waals surface area contributed by atoms with Gasteiger partial charge in [0.15, 0.2) is 0 Å². The molecule has 90 valence electrons. The zero-order chi connectivity index (χ0) is 11.4. The van der Waals surface area contributed by atoms with Crippen LogP contribution in [0.1, 0.15) is 44.6 Å². The molecular weight excluding hydrogens is 198 g/mol. The van der Waals surface area contributed by atoms with E-state index in [0.717, 1.165) is 18.5 Å². The van der Waals surface area contributed by atoms with Crippen LogP contribution >= 0.6 is 0 Å². The molecule has 1 aliphatic carbocycles. The quantitative estimate of drug-likeness (QED) is 0.846. The van der Waals surface area contributed by atoms with Crippen molar-refractivity contribution in [1.82, 2.24) is 15.1 Å². The molecule has 0 radical (unpaired) electrons. The van der Waals surface area contributed by atoms with E-state index in [9.17, 15) is 0 Å². The number of hydrogen-bond acceptors (Lipinski definition) is 2. The lowest BCUT2D eigenvalue weighted by molar-refractivity contribution is 0.278. The average Bonchev–Trinajstić information content (AvgIpc) is 2.73. The van der Waals surface area contributed by atoms with Crippen molar-refractivity contribution in [1.29, 1.82) is 0 Å². The smallest absolute Gasteiger partial charge is 0.0534 e. The third kappa shape index (κ3) is 3.08. The average molecular weight is 221 g/mol. The molecule has 3 heteroatoms. The topological polar surface area (TPSA) is 29.9 Å². The van der Waals surface area contributed by atoms with Crippen LogP contribution in [0.5, 0.6) is 0 Å². The monoisotopic (exact) mass is 221 g/mol. The lowest BCUT2D eigenvalue weighted by Gasteiger charge is -2.29. The van der Waals surface area contributed by atoms with E-state index in [1.54, 1.807) is 0 Å². The Labute approximate surface area is 98.2 Å². The highest BCUT2D eigenvalue weighted by Crippen LogP contribution is 2.26. The van der Waals surface area contributed by atoms with Gasteiger partial charge in [-0.2, -0.15) is 5.10 Å². The first-order valence-corrected chi connectivity index (χ1v) is 6.49. The number of aryl methyl sites for hydroxylation is 1. The van der Waals surface area contributed by atoms with Crippen molar-refractivity contribution in [3.8, 4) is 0 Å². The fourth-order valence-corrected chi connectivity index (χ4v) is 2.67. The molecule has 2 unspecified atom stereocenters. The van der Waals surface area contributed by atoms with Crippen LogP contribution in [0.2, 0.25) is 0 Å². The van der Waals surface area contributed by atoms with Gasteiger partial charge in [0.05, 0.1) is 6.20 Å². The van der Waals surface area contributed by atoms with Gasteiger partial charge in [0.25, 0.3) is 0 Å². The standard InChI is InChI=1S/C13H23N3/c1-3-11-5-4-6-13(7-11)14-8-12-9-15-16(2)10-12/h9-11,13-14H,3-8H2,1-2H3. The van der Waals surface area contributed by atoms with E-state index in [1.165, 1.54) is 37.7 Å². The summed E-state index contributed by atoms with van der Waals surface area (Å²) in [6.45, 7) is 3.28. The van der Waals surface area contributed by atoms with Crippen molar-refractivity contribution in [2.45, 2.75) is 51.6 Å². The Bertz CT molecular complexity index is 319. The van der Waals surface area contributed by atoms with Gasteiger partial charge in [-0.05, 0) is 18.8 Å². The van der Waals surface area contributed by atoms with Gasteiger partial charge in [-0.1, -0.05) is 26.2 Å². The van der Waals surface area contributed by atoms with Crippen molar-refractivity contribution in [3.63, 3.8) is 0 Å². The Morgan fingerprint density at radius 3 is 3.06 bits per heavy atom. The summed E-state index contributed by atoms with van der Waals surface area (Å²) in [7, 11) is 1.97. The summed E-state index contributed by atoms with van der Waals surface area (Å²) < 4.78 is 1.87. The van der Waals surface area contributed by atoms with Gasteiger partial charge in [-0.3, -0.25) is 4.68 Å². The van der Waals surface area contributed by atoms with Crippen molar-refractivity contribution >= 4 is 0 Å². The molecule has 1 aromatic heterocycles. The summed E-state index contributed by atoms with van der Waals surface area (Å²) in [6.07, 6.45) is 10.9. The molecule has 2 rings (SSSR count). The van der Waals surface area contributed by atoms with Gasteiger partial charge in [0, 0.05) is 31.4 Å². The second-order valence-electron chi connectivity index (χ2n) is 5.04. The van der Waals surface area contributed by atoms with Crippen LogP contribution in [0.25, 0.3) is 0 Å².